The van der Waals surface area contributed by atoms with Gasteiger partial charge in [0.1, 0.15) is 18.2 Å². The molecule has 0 unspecified atom stereocenters. The number of nitrogens with one attached hydrogen (secondary N) is 1. The first-order valence-electron chi connectivity index (χ1n) is 11.1. The molecule has 4 aromatic carbocycles. The number of aromatic amines is 1. The Kier molecular flexibility index (Phi) is 6.81. The van der Waals surface area contributed by atoms with Crippen LogP contribution in [0.3, 0.4) is 0 Å². The SMILES string of the molecule is COc1cc(-c2nc(-c3ccccc3)c(-c3ccccc3)[nH]2)cc(I)c1OCc1cccc(F)c1. The smallest absolute Gasteiger partial charge is 0.174 e. The number of aromatic nitrogens is 2. The van der Waals surface area contributed by atoms with E-state index in [0.717, 1.165) is 43.0 Å². The van der Waals surface area contributed by atoms with Gasteiger partial charge in [-0.2, -0.15) is 0 Å². The van der Waals surface area contributed by atoms with Crippen molar-refractivity contribution in [1.82, 2.24) is 9.97 Å². The van der Waals surface area contributed by atoms with Crippen molar-refractivity contribution >= 4 is 22.6 Å². The summed E-state index contributed by atoms with van der Waals surface area (Å²) >= 11 is 2.23. The van der Waals surface area contributed by atoms with Crippen molar-refractivity contribution in [2.24, 2.45) is 0 Å². The van der Waals surface area contributed by atoms with Gasteiger partial charge in [0.15, 0.2) is 11.5 Å². The molecule has 0 spiro atoms. The third kappa shape index (κ3) is 5.07. The summed E-state index contributed by atoms with van der Waals surface area (Å²) in [6.45, 7) is 0.237. The summed E-state index contributed by atoms with van der Waals surface area (Å²) in [6.07, 6.45) is 0. The Morgan fingerprint density at radius 2 is 1.54 bits per heavy atom. The third-order valence-electron chi connectivity index (χ3n) is 5.59. The van der Waals surface area contributed by atoms with Crippen LogP contribution in [0.5, 0.6) is 11.5 Å². The van der Waals surface area contributed by atoms with Crippen LogP contribution in [-0.4, -0.2) is 17.1 Å². The highest BCUT2D eigenvalue weighted by Gasteiger charge is 2.18. The molecule has 0 aliphatic heterocycles. The second-order valence-corrected chi connectivity index (χ2v) is 9.11. The highest BCUT2D eigenvalue weighted by molar-refractivity contribution is 14.1. The van der Waals surface area contributed by atoms with E-state index in [4.69, 9.17) is 14.5 Å². The minimum Gasteiger partial charge on any atom is -0.493 e. The molecule has 0 radical (unpaired) electrons. The van der Waals surface area contributed by atoms with Crippen LogP contribution >= 0.6 is 22.6 Å². The highest BCUT2D eigenvalue weighted by Crippen LogP contribution is 2.39. The van der Waals surface area contributed by atoms with Crippen LogP contribution in [0.4, 0.5) is 4.39 Å². The minimum absolute atomic E-state index is 0.237. The monoisotopic (exact) mass is 576 g/mol. The fourth-order valence-electron chi connectivity index (χ4n) is 3.91. The number of benzene rings is 4. The van der Waals surface area contributed by atoms with E-state index < -0.39 is 0 Å². The second-order valence-electron chi connectivity index (χ2n) is 7.95. The maximum atomic E-state index is 13.5. The summed E-state index contributed by atoms with van der Waals surface area (Å²) in [5.41, 5.74) is 5.55. The topological polar surface area (TPSA) is 47.1 Å². The molecule has 0 saturated carbocycles. The van der Waals surface area contributed by atoms with Gasteiger partial charge in [0.05, 0.1) is 22.1 Å². The van der Waals surface area contributed by atoms with E-state index in [1.807, 2.05) is 54.6 Å². The first kappa shape index (κ1) is 23.1. The molecule has 0 atom stereocenters. The standard InChI is InChI=1S/C29H22FIN2O2/c1-34-25-17-22(16-24(31)28(25)35-18-19-9-8-14-23(30)15-19)29-32-26(20-10-4-2-5-11-20)27(33-29)21-12-6-3-7-13-21/h2-17H,18H2,1H3,(H,32,33). The van der Waals surface area contributed by atoms with Crippen molar-refractivity contribution in [3.8, 4) is 45.4 Å². The lowest BCUT2D eigenvalue weighted by Gasteiger charge is -2.14. The number of imidazole rings is 1. The van der Waals surface area contributed by atoms with Gasteiger partial charge in [-0.1, -0.05) is 72.8 Å². The van der Waals surface area contributed by atoms with E-state index in [0.29, 0.717) is 11.5 Å². The number of hydrogen-bond donors (Lipinski definition) is 1. The Morgan fingerprint density at radius 1 is 0.829 bits per heavy atom. The van der Waals surface area contributed by atoms with Crippen LogP contribution in [0, 0.1) is 9.39 Å². The first-order valence-corrected chi connectivity index (χ1v) is 12.2. The molecule has 174 valence electrons. The quantitative estimate of drug-likeness (QED) is 0.202. The van der Waals surface area contributed by atoms with Crippen molar-refractivity contribution in [2.45, 2.75) is 6.61 Å². The third-order valence-corrected chi connectivity index (χ3v) is 6.39. The summed E-state index contributed by atoms with van der Waals surface area (Å²) < 4.78 is 26.1. The number of halogens is 2. The van der Waals surface area contributed by atoms with E-state index in [1.54, 1.807) is 13.2 Å². The van der Waals surface area contributed by atoms with Gasteiger partial charge < -0.3 is 14.5 Å². The maximum absolute atomic E-state index is 13.5. The van der Waals surface area contributed by atoms with E-state index in [1.165, 1.54) is 12.1 Å². The molecular weight excluding hydrogens is 554 g/mol. The minimum atomic E-state index is -0.288. The molecule has 35 heavy (non-hydrogen) atoms. The highest BCUT2D eigenvalue weighted by atomic mass is 127. The largest absolute Gasteiger partial charge is 0.493 e. The summed E-state index contributed by atoms with van der Waals surface area (Å²) in [4.78, 5) is 8.50. The zero-order valence-electron chi connectivity index (χ0n) is 19.0. The van der Waals surface area contributed by atoms with Crippen LogP contribution in [0.25, 0.3) is 33.9 Å². The molecule has 0 saturated heterocycles. The molecule has 0 aliphatic rings. The van der Waals surface area contributed by atoms with Crippen LogP contribution in [0.1, 0.15) is 5.56 Å². The van der Waals surface area contributed by atoms with Crippen LogP contribution in [-0.2, 0) is 6.61 Å². The molecule has 0 fully saturated rings. The van der Waals surface area contributed by atoms with Crippen molar-refractivity contribution < 1.29 is 13.9 Å². The molecule has 1 heterocycles. The fourth-order valence-corrected chi connectivity index (χ4v) is 4.66. The van der Waals surface area contributed by atoms with Crippen molar-refractivity contribution in [3.05, 3.63) is 112 Å². The Morgan fingerprint density at radius 3 is 2.23 bits per heavy atom. The predicted molar refractivity (Wildman–Crippen MR) is 145 cm³/mol. The maximum Gasteiger partial charge on any atom is 0.174 e. The Labute approximate surface area is 216 Å². The lowest BCUT2D eigenvalue weighted by Crippen LogP contribution is -2.00. The van der Waals surface area contributed by atoms with Crippen LogP contribution in [0.15, 0.2) is 97.1 Å². The number of ether oxygens (including phenoxy) is 2. The van der Waals surface area contributed by atoms with E-state index in [-0.39, 0.29) is 12.4 Å². The van der Waals surface area contributed by atoms with Gasteiger partial charge in [0.25, 0.3) is 0 Å². The number of nitrogens with zero attached hydrogens (tertiary/aromatic N) is 1. The van der Waals surface area contributed by atoms with Crippen molar-refractivity contribution in [2.75, 3.05) is 7.11 Å². The van der Waals surface area contributed by atoms with Gasteiger partial charge in [0.2, 0.25) is 0 Å². The number of hydrogen-bond acceptors (Lipinski definition) is 3. The summed E-state index contributed by atoms with van der Waals surface area (Å²) in [5.74, 6) is 1.64. The van der Waals surface area contributed by atoms with Crippen molar-refractivity contribution in [3.63, 3.8) is 0 Å². The average molecular weight is 576 g/mol. The van der Waals surface area contributed by atoms with Gasteiger partial charge in [-0.3, -0.25) is 0 Å². The van der Waals surface area contributed by atoms with E-state index in [9.17, 15) is 4.39 Å². The second kappa shape index (κ2) is 10.3. The van der Waals surface area contributed by atoms with Gasteiger partial charge >= 0.3 is 0 Å². The van der Waals surface area contributed by atoms with Gasteiger partial charge in [-0.05, 0) is 52.4 Å². The van der Waals surface area contributed by atoms with E-state index in [2.05, 4.69) is 51.8 Å². The molecule has 6 heteroatoms. The van der Waals surface area contributed by atoms with Gasteiger partial charge in [-0.15, -0.1) is 0 Å². The van der Waals surface area contributed by atoms with Gasteiger partial charge in [0, 0.05) is 16.7 Å². The molecule has 1 aromatic heterocycles. The van der Waals surface area contributed by atoms with Gasteiger partial charge in [-0.25, -0.2) is 9.37 Å². The Hall–Kier alpha value is -3.65. The number of methoxy groups -OCH3 is 1. The fraction of sp³-hybridized carbons (Fsp3) is 0.0690. The zero-order chi connectivity index (χ0) is 24.2. The van der Waals surface area contributed by atoms with Crippen LogP contribution < -0.4 is 9.47 Å². The molecule has 4 nitrogen and oxygen atoms in total. The predicted octanol–water partition coefficient (Wildman–Crippen LogP) is 7.74. The molecule has 0 bridgehead atoms. The lowest BCUT2D eigenvalue weighted by molar-refractivity contribution is 0.282. The normalized spacial score (nSPS) is 10.8. The van der Waals surface area contributed by atoms with E-state index >= 15 is 0 Å². The summed E-state index contributed by atoms with van der Waals surface area (Å²) in [6, 6.07) is 30.6. The van der Waals surface area contributed by atoms with Crippen molar-refractivity contribution in [1.29, 1.82) is 0 Å². The molecule has 5 rings (SSSR count). The molecule has 1 N–H and O–H groups in total. The number of rotatable bonds is 7. The average Bonchev–Trinajstić information content (AvgIpc) is 3.34. The molecular formula is C29H22FIN2O2. The summed E-state index contributed by atoms with van der Waals surface area (Å²) in [7, 11) is 1.61. The zero-order valence-corrected chi connectivity index (χ0v) is 21.1. The lowest BCUT2D eigenvalue weighted by atomic mass is 10.1. The molecule has 0 aliphatic carbocycles. The number of H-pyrrole nitrogens is 1. The Bertz CT molecular complexity index is 1400. The summed E-state index contributed by atoms with van der Waals surface area (Å²) in [5, 5.41) is 0. The Balaban J connectivity index is 1.53. The van der Waals surface area contributed by atoms with Crippen LogP contribution in [0.2, 0.25) is 0 Å². The molecule has 0 amide bonds. The molecule has 5 aromatic rings. The first-order chi connectivity index (χ1) is 17.1.